The Balaban J connectivity index is 2.58. The van der Waals surface area contributed by atoms with Gasteiger partial charge < -0.3 is 16.0 Å². The van der Waals surface area contributed by atoms with Crippen molar-refractivity contribution in [2.75, 3.05) is 12.5 Å². The fourth-order valence-electron chi connectivity index (χ4n) is 2.08. The maximum Gasteiger partial charge on any atom is 0.260 e. The van der Waals surface area contributed by atoms with E-state index in [2.05, 4.69) is 26.8 Å². The number of benzene rings is 1. The number of amides is 3. The van der Waals surface area contributed by atoms with Crippen molar-refractivity contribution in [3.05, 3.63) is 30.3 Å². The number of likely N-dealkylation sites (N-methyl/N-ethyl adjacent to an activating group) is 1. The van der Waals surface area contributed by atoms with Gasteiger partial charge in [-0.3, -0.25) is 25.2 Å². The molecule has 144 valence electrons. The molecule has 0 bridgehead atoms. The molecule has 0 spiro atoms. The molecule has 0 radical (unpaired) electrons. The van der Waals surface area contributed by atoms with Crippen LogP contribution in [0.5, 0.6) is 0 Å². The third-order valence-corrected chi connectivity index (χ3v) is 3.93. The van der Waals surface area contributed by atoms with Gasteiger partial charge in [0.15, 0.2) is 0 Å². The summed E-state index contributed by atoms with van der Waals surface area (Å²) in [5.74, 6) is -1.19. The van der Waals surface area contributed by atoms with E-state index in [9.17, 15) is 14.4 Å². The summed E-state index contributed by atoms with van der Waals surface area (Å²) < 4.78 is 0. The van der Waals surface area contributed by atoms with Crippen molar-refractivity contribution < 1.29 is 14.4 Å². The van der Waals surface area contributed by atoms with Crippen LogP contribution in [0.1, 0.15) is 27.7 Å². The lowest BCUT2D eigenvalue weighted by molar-refractivity contribution is -0.133. The Labute approximate surface area is 154 Å². The van der Waals surface area contributed by atoms with Crippen LogP contribution in [0.4, 0.5) is 5.69 Å². The molecule has 0 aliphatic heterocycles. The Bertz CT molecular complexity index is 606. The van der Waals surface area contributed by atoms with Crippen LogP contribution in [0, 0.1) is 5.92 Å². The molecule has 8 nitrogen and oxygen atoms in total. The lowest BCUT2D eigenvalue weighted by Crippen LogP contribution is -2.57. The van der Waals surface area contributed by atoms with Gasteiger partial charge in [0.25, 0.3) is 5.91 Å². The lowest BCUT2D eigenvalue weighted by atomic mass is 10.0. The van der Waals surface area contributed by atoms with E-state index >= 15 is 0 Å². The van der Waals surface area contributed by atoms with E-state index < -0.39 is 24.0 Å². The number of nitrogens with one attached hydrogen (secondary N) is 5. The molecule has 0 fully saturated rings. The zero-order valence-electron chi connectivity index (χ0n) is 15.9. The van der Waals surface area contributed by atoms with E-state index in [1.165, 1.54) is 0 Å². The summed E-state index contributed by atoms with van der Waals surface area (Å²) >= 11 is 0. The van der Waals surface area contributed by atoms with Crippen LogP contribution in [0.2, 0.25) is 0 Å². The monoisotopic (exact) mass is 363 g/mol. The highest BCUT2D eigenvalue weighted by atomic mass is 16.2. The number of carbonyl (C=O) groups is 3. The molecule has 0 saturated carbocycles. The molecule has 3 atom stereocenters. The molecule has 1 aromatic rings. The highest BCUT2D eigenvalue weighted by Crippen LogP contribution is 2.04. The Hall–Kier alpha value is -2.61. The van der Waals surface area contributed by atoms with E-state index in [0.717, 1.165) is 5.69 Å². The molecule has 8 heteroatoms. The van der Waals surface area contributed by atoms with Crippen LogP contribution >= 0.6 is 0 Å². The zero-order valence-corrected chi connectivity index (χ0v) is 15.9. The Morgan fingerprint density at radius 1 is 0.808 bits per heavy atom. The van der Waals surface area contributed by atoms with Crippen LogP contribution in [0.3, 0.4) is 0 Å². The van der Waals surface area contributed by atoms with E-state index in [-0.39, 0.29) is 17.7 Å². The number of rotatable bonds is 9. The van der Waals surface area contributed by atoms with Crippen molar-refractivity contribution in [3.63, 3.8) is 0 Å². The fraction of sp³-hybridized carbons (Fsp3) is 0.500. The van der Waals surface area contributed by atoms with Crippen molar-refractivity contribution in [1.29, 1.82) is 0 Å². The van der Waals surface area contributed by atoms with Crippen LogP contribution in [-0.2, 0) is 14.4 Å². The SMILES string of the molecule is CNC(C)C(=O)NC(C(=O)NC(C)C(=O)NNc1ccccc1)C(C)C. The molecule has 0 aliphatic rings. The molecule has 1 rings (SSSR count). The quantitative estimate of drug-likeness (QED) is 0.408. The number of para-hydroxylation sites is 1. The fourth-order valence-corrected chi connectivity index (χ4v) is 2.08. The van der Waals surface area contributed by atoms with Crippen molar-refractivity contribution in [2.24, 2.45) is 5.92 Å². The first-order valence-corrected chi connectivity index (χ1v) is 8.65. The topological polar surface area (TPSA) is 111 Å². The highest BCUT2D eigenvalue weighted by Gasteiger charge is 2.28. The molecule has 0 aromatic heterocycles. The largest absolute Gasteiger partial charge is 0.343 e. The maximum atomic E-state index is 12.5. The molecule has 26 heavy (non-hydrogen) atoms. The number of anilines is 1. The number of hydrogen-bond acceptors (Lipinski definition) is 5. The van der Waals surface area contributed by atoms with Gasteiger partial charge in [0.1, 0.15) is 12.1 Å². The van der Waals surface area contributed by atoms with Gasteiger partial charge in [0.05, 0.1) is 11.7 Å². The Morgan fingerprint density at radius 3 is 1.96 bits per heavy atom. The molecule has 0 aliphatic carbocycles. The van der Waals surface area contributed by atoms with E-state index in [1.807, 2.05) is 32.0 Å². The van der Waals surface area contributed by atoms with Crippen LogP contribution < -0.4 is 26.8 Å². The second-order valence-corrected chi connectivity index (χ2v) is 6.45. The Morgan fingerprint density at radius 2 is 1.42 bits per heavy atom. The van der Waals surface area contributed by atoms with E-state index in [4.69, 9.17) is 0 Å². The standard InChI is InChI=1S/C18H29N5O3/c1-11(2)15(21-16(24)12(3)19-5)18(26)20-13(4)17(25)23-22-14-9-7-6-8-10-14/h6-13,15,19,22H,1-5H3,(H,20,26)(H,21,24)(H,23,25). The summed E-state index contributed by atoms with van der Waals surface area (Å²) in [5, 5.41) is 8.16. The van der Waals surface area contributed by atoms with Gasteiger partial charge in [-0.15, -0.1) is 0 Å². The molecular formula is C18H29N5O3. The van der Waals surface area contributed by atoms with Gasteiger partial charge in [0.2, 0.25) is 11.8 Å². The van der Waals surface area contributed by atoms with E-state index in [0.29, 0.717) is 0 Å². The minimum absolute atomic E-state index is 0.124. The van der Waals surface area contributed by atoms with Gasteiger partial charge in [-0.25, -0.2) is 0 Å². The summed E-state index contributed by atoms with van der Waals surface area (Å²) in [6.07, 6.45) is 0. The van der Waals surface area contributed by atoms with Crippen LogP contribution in [0.25, 0.3) is 0 Å². The summed E-state index contributed by atoms with van der Waals surface area (Å²) in [7, 11) is 1.67. The van der Waals surface area contributed by atoms with Crippen LogP contribution in [-0.4, -0.2) is 42.9 Å². The minimum atomic E-state index is -0.765. The highest BCUT2D eigenvalue weighted by molar-refractivity contribution is 5.93. The molecule has 5 N–H and O–H groups in total. The molecule has 3 unspecified atom stereocenters. The number of hydrogen-bond donors (Lipinski definition) is 5. The van der Waals surface area contributed by atoms with Crippen LogP contribution in [0.15, 0.2) is 30.3 Å². The molecule has 0 saturated heterocycles. The first kappa shape index (κ1) is 21.4. The van der Waals surface area contributed by atoms with Gasteiger partial charge in [-0.1, -0.05) is 32.0 Å². The van der Waals surface area contributed by atoms with Crippen molar-refractivity contribution in [1.82, 2.24) is 21.4 Å². The molecule has 0 heterocycles. The maximum absolute atomic E-state index is 12.5. The van der Waals surface area contributed by atoms with Crippen molar-refractivity contribution in [3.8, 4) is 0 Å². The Kier molecular flexibility index (Phi) is 8.57. The average Bonchev–Trinajstić information content (AvgIpc) is 2.63. The summed E-state index contributed by atoms with van der Waals surface area (Å²) in [6, 6.07) is 7.23. The summed E-state index contributed by atoms with van der Waals surface area (Å²) in [6.45, 7) is 6.94. The minimum Gasteiger partial charge on any atom is -0.343 e. The molecule has 1 aromatic carbocycles. The summed E-state index contributed by atoms with van der Waals surface area (Å²) in [5.41, 5.74) is 6.05. The predicted molar refractivity (Wildman–Crippen MR) is 101 cm³/mol. The number of carbonyl (C=O) groups excluding carboxylic acids is 3. The third kappa shape index (κ3) is 6.72. The average molecular weight is 363 g/mol. The zero-order chi connectivity index (χ0) is 19.7. The second kappa shape index (κ2) is 10.4. The van der Waals surface area contributed by atoms with E-state index in [1.54, 1.807) is 33.0 Å². The normalized spacial score (nSPS) is 14.1. The molecular weight excluding hydrogens is 334 g/mol. The smallest absolute Gasteiger partial charge is 0.260 e. The van der Waals surface area contributed by atoms with Gasteiger partial charge in [0, 0.05) is 0 Å². The van der Waals surface area contributed by atoms with Crippen molar-refractivity contribution in [2.45, 2.75) is 45.8 Å². The predicted octanol–water partition coefficient (Wildman–Crippen LogP) is 0.383. The summed E-state index contributed by atoms with van der Waals surface area (Å²) in [4.78, 5) is 36.6. The van der Waals surface area contributed by atoms with Crippen molar-refractivity contribution >= 4 is 23.4 Å². The van der Waals surface area contributed by atoms with Gasteiger partial charge in [-0.2, -0.15) is 0 Å². The lowest BCUT2D eigenvalue weighted by Gasteiger charge is -2.25. The first-order valence-electron chi connectivity index (χ1n) is 8.65. The number of hydrazine groups is 1. The second-order valence-electron chi connectivity index (χ2n) is 6.45. The van der Waals surface area contributed by atoms with Gasteiger partial charge >= 0.3 is 0 Å². The third-order valence-electron chi connectivity index (χ3n) is 3.93. The molecule has 3 amide bonds. The first-order chi connectivity index (χ1) is 12.3. The van der Waals surface area contributed by atoms with Gasteiger partial charge in [-0.05, 0) is 38.9 Å².